The second kappa shape index (κ2) is 10.7. The quantitative estimate of drug-likeness (QED) is 0.302. The van der Waals surface area contributed by atoms with Crippen molar-refractivity contribution in [2.75, 3.05) is 24.9 Å². The molecule has 1 N–H and O–H groups in total. The van der Waals surface area contributed by atoms with Gasteiger partial charge in [-0.2, -0.15) is 10.1 Å². The minimum atomic E-state index is 0.490. The lowest BCUT2D eigenvalue weighted by Crippen LogP contribution is -2.30. The van der Waals surface area contributed by atoms with Crippen molar-refractivity contribution in [3.8, 4) is 22.9 Å². The highest BCUT2D eigenvalue weighted by atomic mass is 32.2. The lowest BCUT2D eigenvalue weighted by molar-refractivity contribution is 0.250. The molecule has 0 amide bonds. The summed E-state index contributed by atoms with van der Waals surface area (Å²) in [5.41, 5.74) is 5.56. The molecule has 0 spiro atoms. The van der Waals surface area contributed by atoms with Gasteiger partial charge in [0.05, 0.1) is 16.8 Å². The van der Waals surface area contributed by atoms with Crippen molar-refractivity contribution in [3.05, 3.63) is 77.6 Å². The van der Waals surface area contributed by atoms with Gasteiger partial charge in [-0.1, -0.05) is 30.3 Å². The third kappa shape index (κ3) is 5.71. The fourth-order valence-corrected chi connectivity index (χ4v) is 5.42. The second-order valence-corrected chi connectivity index (χ2v) is 10.4. The third-order valence-electron chi connectivity index (χ3n) is 6.56. The molecule has 0 radical (unpaired) electrons. The smallest absolute Gasteiger partial charge is 0.237 e. The largest absolute Gasteiger partial charge is 0.439 e. The summed E-state index contributed by atoms with van der Waals surface area (Å²) in [5.74, 6) is 2.31. The third-order valence-corrected chi connectivity index (χ3v) is 7.29. The minimum absolute atomic E-state index is 0.490. The van der Waals surface area contributed by atoms with Gasteiger partial charge in [0.1, 0.15) is 5.75 Å². The highest BCUT2D eigenvalue weighted by Crippen LogP contribution is 2.33. The number of anilines is 1. The number of aromatic nitrogens is 4. The van der Waals surface area contributed by atoms with Gasteiger partial charge in [-0.15, -0.1) is 0 Å². The first-order valence-corrected chi connectivity index (χ1v) is 13.1. The number of ether oxygens (including phenoxy) is 1. The summed E-state index contributed by atoms with van der Waals surface area (Å²) < 4.78 is 11.4. The monoisotopic (exact) mass is 500 g/mol. The van der Waals surface area contributed by atoms with Crippen molar-refractivity contribution < 1.29 is 4.74 Å². The number of likely N-dealkylation sites (N-methyl/N-ethyl adjacent to an activating group) is 1. The number of hydrogen-bond donors (Lipinski definition) is 1. The Bertz CT molecular complexity index is 1330. The summed E-state index contributed by atoms with van der Waals surface area (Å²) in [6.45, 7) is 6.45. The molecule has 8 heteroatoms. The van der Waals surface area contributed by atoms with Crippen LogP contribution in [-0.2, 0) is 7.05 Å². The van der Waals surface area contributed by atoms with E-state index in [0.717, 1.165) is 39.6 Å². The van der Waals surface area contributed by atoms with Crippen molar-refractivity contribution in [1.29, 1.82) is 0 Å². The Kier molecular flexibility index (Phi) is 7.25. The van der Waals surface area contributed by atoms with Crippen LogP contribution in [0.3, 0.4) is 0 Å². The fraction of sp³-hybridized carbons (Fsp3) is 0.321. The average molecular weight is 501 g/mol. The highest BCUT2D eigenvalue weighted by Gasteiger charge is 2.19. The van der Waals surface area contributed by atoms with Crippen LogP contribution in [0.25, 0.3) is 11.3 Å². The number of rotatable bonds is 7. The summed E-state index contributed by atoms with van der Waals surface area (Å²) in [7, 11) is 4.09. The van der Waals surface area contributed by atoms with Gasteiger partial charge < -0.3 is 9.64 Å². The summed E-state index contributed by atoms with van der Waals surface area (Å²) >= 11 is 1.42. The second-order valence-electron chi connectivity index (χ2n) is 9.51. The zero-order chi connectivity index (χ0) is 25.1. The molecular weight excluding hydrogens is 468 g/mol. The Morgan fingerprint density at radius 2 is 1.83 bits per heavy atom. The van der Waals surface area contributed by atoms with Gasteiger partial charge in [-0.05, 0) is 87.0 Å². The maximum absolute atomic E-state index is 6.34. The Balaban J connectivity index is 1.45. The van der Waals surface area contributed by atoms with Crippen LogP contribution < -0.4 is 9.46 Å². The Morgan fingerprint density at radius 1 is 1.03 bits per heavy atom. The molecule has 36 heavy (non-hydrogen) atoms. The first-order chi connectivity index (χ1) is 17.4. The van der Waals surface area contributed by atoms with Crippen LogP contribution in [0.1, 0.15) is 35.4 Å². The Hall–Kier alpha value is -3.36. The van der Waals surface area contributed by atoms with E-state index in [-0.39, 0.29) is 0 Å². The molecule has 2 aromatic heterocycles. The topological polar surface area (TPSA) is 68.1 Å². The van der Waals surface area contributed by atoms with Crippen LogP contribution in [0, 0.1) is 13.8 Å². The van der Waals surface area contributed by atoms with Crippen LogP contribution in [0.4, 0.5) is 5.95 Å². The zero-order valence-corrected chi connectivity index (χ0v) is 22.0. The maximum atomic E-state index is 6.34. The van der Waals surface area contributed by atoms with Crippen molar-refractivity contribution >= 4 is 17.9 Å². The van der Waals surface area contributed by atoms with E-state index in [2.05, 4.69) is 77.0 Å². The Morgan fingerprint density at radius 3 is 2.58 bits per heavy atom. The van der Waals surface area contributed by atoms with Crippen LogP contribution in [-0.4, -0.2) is 44.8 Å². The summed E-state index contributed by atoms with van der Waals surface area (Å²) in [4.78, 5) is 12.9. The number of benzene rings is 2. The van der Waals surface area contributed by atoms with Gasteiger partial charge in [0.2, 0.25) is 11.8 Å². The van der Waals surface area contributed by atoms with Crippen molar-refractivity contribution in [2.24, 2.45) is 7.05 Å². The van der Waals surface area contributed by atoms with Gasteiger partial charge in [0.25, 0.3) is 0 Å². The van der Waals surface area contributed by atoms with Gasteiger partial charge >= 0.3 is 0 Å². The molecule has 1 aliphatic rings. The van der Waals surface area contributed by atoms with Crippen LogP contribution >= 0.6 is 11.9 Å². The standard InChI is InChI=1S/C28H32N6OS/c1-19-8-5-9-20(2)27(19)25-15-26(31-28(30-25)32-36-24-16-29-34(4)18-24)35-23-12-6-10-21(14-23)22-11-7-13-33(3)17-22/h5-6,8-10,12,14-16,18,22H,7,11,13,17H2,1-4H3,(H,30,31,32). The van der Waals surface area contributed by atoms with Gasteiger partial charge in [-0.3, -0.25) is 9.40 Å². The maximum Gasteiger partial charge on any atom is 0.237 e. The van der Waals surface area contributed by atoms with E-state index < -0.39 is 0 Å². The van der Waals surface area contributed by atoms with Gasteiger partial charge in [-0.25, -0.2) is 4.98 Å². The molecule has 1 aliphatic heterocycles. The number of nitrogens with one attached hydrogen (secondary N) is 1. The summed E-state index contributed by atoms with van der Waals surface area (Å²) in [6.07, 6.45) is 6.18. The predicted molar refractivity (Wildman–Crippen MR) is 146 cm³/mol. The molecule has 186 valence electrons. The normalized spacial score (nSPS) is 16.2. The van der Waals surface area contributed by atoms with E-state index in [1.54, 1.807) is 10.9 Å². The molecule has 0 aliphatic carbocycles. The molecule has 1 atom stereocenters. The average Bonchev–Trinajstić information content (AvgIpc) is 3.28. The molecule has 0 bridgehead atoms. The number of piperidine rings is 1. The lowest BCUT2D eigenvalue weighted by atomic mass is 9.91. The van der Waals surface area contributed by atoms with Crippen LogP contribution in [0.2, 0.25) is 0 Å². The number of aryl methyl sites for hydroxylation is 3. The highest BCUT2D eigenvalue weighted by molar-refractivity contribution is 8.00. The lowest BCUT2D eigenvalue weighted by Gasteiger charge is -2.30. The van der Waals surface area contributed by atoms with E-state index in [4.69, 9.17) is 9.72 Å². The summed E-state index contributed by atoms with van der Waals surface area (Å²) in [6, 6.07) is 16.6. The fourth-order valence-electron chi connectivity index (χ4n) is 4.82. The predicted octanol–water partition coefficient (Wildman–Crippen LogP) is 6.21. The van der Waals surface area contributed by atoms with Crippen molar-refractivity contribution in [3.63, 3.8) is 0 Å². The molecule has 3 heterocycles. The molecular formula is C28H32N6OS. The first-order valence-electron chi connectivity index (χ1n) is 12.3. The first kappa shape index (κ1) is 24.3. The number of hydrogen-bond acceptors (Lipinski definition) is 7. The van der Waals surface area contributed by atoms with E-state index in [9.17, 15) is 0 Å². The molecule has 1 saturated heterocycles. The summed E-state index contributed by atoms with van der Waals surface area (Å²) in [5, 5.41) is 4.23. The Labute approximate surface area is 217 Å². The molecule has 4 aromatic rings. The van der Waals surface area contributed by atoms with E-state index >= 15 is 0 Å². The van der Waals surface area contributed by atoms with Gasteiger partial charge in [0.15, 0.2) is 0 Å². The molecule has 1 unspecified atom stereocenters. The van der Waals surface area contributed by atoms with E-state index in [1.165, 1.54) is 36.9 Å². The molecule has 5 rings (SSSR count). The molecule has 0 saturated carbocycles. The van der Waals surface area contributed by atoms with Crippen molar-refractivity contribution in [1.82, 2.24) is 24.6 Å². The molecule has 7 nitrogen and oxygen atoms in total. The number of likely N-dealkylation sites (tertiary alicyclic amines) is 1. The van der Waals surface area contributed by atoms with Crippen LogP contribution in [0.15, 0.2) is 65.8 Å². The zero-order valence-electron chi connectivity index (χ0n) is 21.2. The molecule has 1 fully saturated rings. The minimum Gasteiger partial charge on any atom is -0.439 e. The van der Waals surface area contributed by atoms with E-state index in [1.807, 2.05) is 25.4 Å². The molecule has 2 aromatic carbocycles. The van der Waals surface area contributed by atoms with E-state index in [0.29, 0.717) is 17.7 Å². The van der Waals surface area contributed by atoms with Gasteiger partial charge in [0, 0.05) is 31.4 Å². The van der Waals surface area contributed by atoms with Crippen LogP contribution in [0.5, 0.6) is 11.6 Å². The SMILES string of the molecule is Cc1cccc(C)c1-c1cc(Oc2cccc(C3CCCN(C)C3)c2)nc(NSc2cnn(C)c2)n1. The van der Waals surface area contributed by atoms with Crippen molar-refractivity contribution in [2.45, 2.75) is 37.5 Å². The number of nitrogens with zero attached hydrogens (tertiary/aromatic N) is 5.